The number of halogens is 1. The molecule has 0 spiro atoms. The van der Waals surface area contributed by atoms with Crippen LogP contribution < -0.4 is 5.32 Å². The van der Waals surface area contributed by atoms with Crippen LogP contribution in [0, 0.1) is 13.8 Å². The number of nitrogens with one attached hydrogen (secondary N) is 1. The van der Waals surface area contributed by atoms with E-state index in [2.05, 4.69) is 20.3 Å². The summed E-state index contributed by atoms with van der Waals surface area (Å²) in [5, 5.41) is 3.96. The van der Waals surface area contributed by atoms with Gasteiger partial charge in [-0.05, 0) is 37.6 Å². The van der Waals surface area contributed by atoms with Crippen LogP contribution in [0.25, 0.3) is 10.6 Å². The number of aromatic nitrogens is 3. The number of rotatable bonds is 3. The molecule has 1 N–H and O–H groups in total. The maximum Gasteiger partial charge on any atom is 0.257 e. The average Bonchev–Trinajstić information content (AvgIpc) is 2.88. The summed E-state index contributed by atoms with van der Waals surface area (Å²) >= 11 is 7.37. The van der Waals surface area contributed by atoms with Crippen molar-refractivity contribution >= 4 is 34.0 Å². The van der Waals surface area contributed by atoms with Crippen molar-refractivity contribution in [2.75, 3.05) is 5.32 Å². The first-order valence-corrected chi connectivity index (χ1v) is 8.05. The number of amides is 1. The van der Waals surface area contributed by atoms with Gasteiger partial charge in [-0.25, -0.2) is 4.98 Å². The zero-order chi connectivity index (χ0) is 16.4. The molecule has 0 bridgehead atoms. The Hall–Kier alpha value is -2.31. The zero-order valence-electron chi connectivity index (χ0n) is 12.5. The lowest BCUT2D eigenvalue weighted by Crippen LogP contribution is -2.13. The van der Waals surface area contributed by atoms with E-state index in [0.29, 0.717) is 15.7 Å². The number of anilines is 1. The minimum atomic E-state index is -0.204. The largest absolute Gasteiger partial charge is 0.298 e. The quantitative estimate of drug-likeness (QED) is 0.776. The highest BCUT2D eigenvalue weighted by Crippen LogP contribution is 2.32. The van der Waals surface area contributed by atoms with Gasteiger partial charge in [0, 0.05) is 29.2 Å². The number of pyridine rings is 2. The van der Waals surface area contributed by atoms with Crippen LogP contribution in [0.3, 0.4) is 0 Å². The summed E-state index contributed by atoms with van der Waals surface area (Å²) in [6.07, 6.45) is 4.90. The molecule has 3 aromatic heterocycles. The highest BCUT2D eigenvalue weighted by Gasteiger charge is 2.15. The van der Waals surface area contributed by atoms with E-state index < -0.39 is 0 Å². The lowest BCUT2D eigenvalue weighted by Gasteiger charge is -2.03. The molecule has 0 saturated carbocycles. The third-order valence-corrected chi connectivity index (χ3v) is 4.57. The molecule has 3 rings (SSSR count). The third kappa shape index (κ3) is 3.38. The molecule has 0 atom stereocenters. The number of hydrogen-bond acceptors (Lipinski definition) is 5. The standard InChI is InChI=1S/C16H13ClN4OS/c1-9-8-18-5-4-12(9)15(22)21-16-20-10(2)14(23-16)13-7-11(17)3-6-19-13/h3-8H,1-2H3,(H,20,21,22). The van der Waals surface area contributed by atoms with Gasteiger partial charge in [0.25, 0.3) is 5.91 Å². The van der Waals surface area contributed by atoms with Gasteiger partial charge >= 0.3 is 0 Å². The van der Waals surface area contributed by atoms with Gasteiger partial charge < -0.3 is 0 Å². The molecule has 116 valence electrons. The molecule has 3 aromatic rings. The molecule has 0 aromatic carbocycles. The Morgan fingerprint density at radius 2 is 2.09 bits per heavy atom. The van der Waals surface area contributed by atoms with E-state index >= 15 is 0 Å². The molecule has 23 heavy (non-hydrogen) atoms. The fourth-order valence-corrected chi connectivity index (χ4v) is 3.20. The Kier molecular flexibility index (Phi) is 4.36. The zero-order valence-corrected chi connectivity index (χ0v) is 14.1. The van der Waals surface area contributed by atoms with E-state index in [0.717, 1.165) is 21.8 Å². The molecule has 0 aliphatic carbocycles. The van der Waals surface area contributed by atoms with Crippen molar-refractivity contribution in [3.63, 3.8) is 0 Å². The molecule has 3 heterocycles. The Morgan fingerprint density at radius 3 is 2.83 bits per heavy atom. The summed E-state index contributed by atoms with van der Waals surface area (Å²) in [6.45, 7) is 3.72. The first-order valence-electron chi connectivity index (χ1n) is 6.86. The Bertz CT molecular complexity index is 878. The summed E-state index contributed by atoms with van der Waals surface area (Å²) < 4.78 is 0. The summed E-state index contributed by atoms with van der Waals surface area (Å²) in [5.41, 5.74) is 2.94. The minimum Gasteiger partial charge on any atom is -0.298 e. The number of carbonyl (C=O) groups is 1. The predicted octanol–water partition coefficient (Wildman–Crippen LogP) is 4.12. The molecule has 0 radical (unpaired) electrons. The van der Waals surface area contributed by atoms with Crippen LogP contribution >= 0.6 is 22.9 Å². The van der Waals surface area contributed by atoms with E-state index in [1.54, 1.807) is 36.8 Å². The van der Waals surface area contributed by atoms with Crippen LogP contribution in [-0.4, -0.2) is 20.9 Å². The van der Waals surface area contributed by atoms with Crippen molar-refractivity contribution in [2.24, 2.45) is 0 Å². The van der Waals surface area contributed by atoms with Crippen molar-refractivity contribution in [1.29, 1.82) is 0 Å². The van der Waals surface area contributed by atoms with Crippen molar-refractivity contribution in [1.82, 2.24) is 15.0 Å². The van der Waals surface area contributed by atoms with Crippen LogP contribution in [0.2, 0.25) is 5.02 Å². The molecule has 1 amide bonds. The van der Waals surface area contributed by atoms with Gasteiger partial charge in [-0.1, -0.05) is 22.9 Å². The van der Waals surface area contributed by atoms with E-state index in [1.165, 1.54) is 11.3 Å². The van der Waals surface area contributed by atoms with Gasteiger partial charge in [0.1, 0.15) is 0 Å². The first kappa shape index (κ1) is 15.6. The van der Waals surface area contributed by atoms with Crippen molar-refractivity contribution in [3.05, 3.63) is 58.6 Å². The lowest BCUT2D eigenvalue weighted by atomic mass is 10.1. The Morgan fingerprint density at radius 1 is 1.26 bits per heavy atom. The fraction of sp³-hybridized carbons (Fsp3) is 0.125. The van der Waals surface area contributed by atoms with E-state index in [9.17, 15) is 4.79 Å². The average molecular weight is 345 g/mol. The maximum atomic E-state index is 12.3. The second kappa shape index (κ2) is 6.44. The number of hydrogen-bond donors (Lipinski definition) is 1. The van der Waals surface area contributed by atoms with Gasteiger partial charge in [-0.15, -0.1) is 0 Å². The van der Waals surface area contributed by atoms with Crippen LogP contribution in [0.5, 0.6) is 0 Å². The monoisotopic (exact) mass is 344 g/mol. The molecular weight excluding hydrogens is 332 g/mol. The number of thiazole rings is 1. The van der Waals surface area contributed by atoms with Crippen molar-refractivity contribution in [3.8, 4) is 10.6 Å². The van der Waals surface area contributed by atoms with Gasteiger partial charge in [0.15, 0.2) is 5.13 Å². The molecule has 0 aliphatic heterocycles. The normalized spacial score (nSPS) is 10.6. The summed E-state index contributed by atoms with van der Waals surface area (Å²) in [5.74, 6) is -0.204. The third-order valence-electron chi connectivity index (χ3n) is 3.24. The lowest BCUT2D eigenvalue weighted by molar-refractivity contribution is 0.102. The van der Waals surface area contributed by atoms with Gasteiger partial charge in [0.2, 0.25) is 0 Å². The number of carbonyl (C=O) groups excluding carboxylic acids is 1. The van der Waals surface area contributed by atoms with Crippen LogP contribution in [0.1, 0.15) is 21.6 Å². The number of aryl methyl sites for hydroxylation is 2. The molecule has 0 unspecified atom stereocenters. The molecular formula is C16H13ClN4OS. The second-order valence-corrected chi connectivity index (χ2v) is 6.37. The fourth-order valence-electron chi connectivity index (χ4n) is 2.11. The van der Waals surface area contributed by atoms with Gasteiger partial charge in [-0.2, -0.15) is 0 Å². The molecule has 0 fully saturated rings. The molecule has 7 heteroatoms. The Labute approximate surface area is 142 Å². The summed E-state index contributed by atoms with van der Waals surface area (Å²) in [4.78, 5) is 25.9. The van der Waals surface area contributed by atoms with Crippen LogP contribution in [0.15, 0.2) is 36.8 Å². The van der Waals surface area contributed by atoms with Crippen molar-refractivity contribution in [2.45, 2.75) is 13.8 Å². The van der Waals surface area contributed by atoms with Gasteiger partial charge in [-0.3, -0.25) is 20.1 Å². The highest BCUT2D eigenvalue weighted by molar-refractivity contribution is 7.19. The topological polar surface area (TPSA) is 67.8 Å². The molecule has 0 saturated heterocycles. The van der Waals surface area contributed by atoms with E-state index in [1.807, 2.05) is 13.8 Å². The maximum absolute atomic E-state index is 12.3. The van der Waals surface area contributed by atoms with Crippen LogP contribution in [-0.2, 0) is 0 Å². The molecule has 0 aliphatic rings. The van der Waals surface area contributed by atoms with Gasteiger partial charge in [0.05, 0.1) is 16.3 Å². The first-order chi connectivity index (χ1) is 11.0. The summed E-state index contributed by atoms with van der Waals surface area (Å²) in [7, 11) is 0. The Balaban J connectivity index is 1.87. The van der Waals surface area contributed by atoms with Crippen molar-refractivity contribution < 1.29 is 4.79 Å². The van der Waals surface area contributed by atoms with Crippen LogP contribution in [0.4, 0.5) is 5.13 Å². The predicted molar refractivity (Wildman–Crippen MR) is 92.0 cm³/mol. The smallest absolute Gasteiger partial charge is 0.257 e. The summed E-state index contributed by atoms with van der Waals surface area (Å²) in [6, 6.07) is 5.18. The van der Waals surface area contributed by atoms with E-state index in [-0.39, 0.29) is 5.91 Å². The number of nitrogens with zero attached hydrogens (tertiary/aromatic N) is 3. The minimum absolute atomic E-state index is 0.204. The molecule has 5 nitrogen and oxygen atoms in total. The highest BCUT2D eigenvalue weighted by atomic mass is 35.5. The van der Waals surface area contributed by atoms with E-state index in [4.69, 9.17) is 11.6 Å². The second-order valence-electron chi connectivity index (χ2n) is 4.94. The SMILES string of the molecule is Cc1cnccc1C(=O)Nc1nc(C)c(-c2cc(Cl)ccn2)s1.